The van der Waals surface area contributed by atoms with Gasteiger partial charge in [0.15, 0.2) is 0 Å². The predicted molar refractivity (Wildman–Crippen MR) is 68.4 cm³/mol. The van der Waals surface area contributed by atoms with E-state index in [0.29, 0.717) is 11.3 Å². The van der Waals surface area contributed by atoms with Crippen molar-refractivity contribution in [2.45, 2.75) is 6.18 Å². The summed E-state index contributed by atoms with van der Waals surface area (Å²) in [7, 11) is 0. The highest BCUT2D eigenvalue weighted by atomic mass is 19.4. The molecule has 0 spiro atoms. The highest BCUT2D eigenvalue weighted by molar-refractivity contribution is 5.64. The van der Waals surface area contributed by atoms with Gasteiger partial charge < -0.3 is 5.32 Å². The molecule has 0 aliphatic heterocycles. The Morgan fingerprint density at radius 1 is 1.05 bits per heavy atom. The van der Waals surface area contributed by atoms with Crippen LogP contribution < -0.4 is 5.32 Å². The zero-order chi connectivity index (χ0) is 15.5. The van der Waals surface area contributed by atoms with E-state index in [9.17, 15) is 13.2 Å². The SMILES string of the molecule is N#Cc1cccc(Nc2nc(C(F)(F)F)ccc2C#N)c1. The molecule has 2 aromatic rings. The third kappa shape index (κ3) is 3.28. The van der Waals surface area contributed by atoms with Gasteiger partial charge in [-0.15, -0.1) is 0 Å². The number of rotatable bonds is 2. The molecule has 0 saturated heterocycles. The normalized spacial score (nSPS) is 10.5. The molecule has 1 heterocycles. The summed E-state index contributed by atoms with van der Waals surface area (Å²) in [6, 6.07) is 11.6. The first kappa shape index (κ1) is 14.4. The van der Waals surface area contributed by atoms with Gasteiger partial charge in [0.1, 0.15) is 17.6 Å². The summed E-state index contributed by atoms with van der Waals surface area (Å²) in [5.41, 5.74) is -0.409. The molecule has 7 heteroatoms. The first-order valence-electron chi connectivity index (χ1n) is 5.69. The van der Waals surface area contributed by atoms with E-state index in [2.05, 4.69) is 10.3 Å². The van der Waals surface area contributed by atoms with Crippen molar-refractivity contribution in [2.24, 2.45) is 0 Å². The molecule has 1 aromatic carbocycles. The molecule has 1 N–H and O–H groups in total. The number of nitriles is 2. The molecule has 0 fully saturated rings. The molecule has 2 rings (SSSR count). The van der Waals surface area contributed by atoms with Crippen molar-refractivity contribution in [2.75, 3.05) is 5.32 Å². The van der Waals surface area contributed by atoms with Gasteiger partial charge in [-0.05, 0) is 30.3 Å². The molecule has 4 nitrogen and oxygen atoms in total. The number of anilines is 2. The van der Waals surface area contributed by atoms with Crippen LogP contribution in [0.4, 0.5) is 24.7 Å². The summed E-state index contributed by atoms with van der Waals surface area (Å²) >= 11 is 0. The van der Waals surface area contributed by atoms with E-state index in [-0.39, 0.29) is 11.4 Å². The maximum atomic E-state index is 12.6. The lowest BCUT2D eigenvalue weighted by Crippen LogP contribution is -2.10. The number of hydrogen-bond acceptors (Lipinski definition) is 4. The zero-order valence-corrected chi connectivity index (χ0v) is 10.4. The Hall–Kier alpha value is -3.06. The molecule has 1 aromatic heterocycles. The van der Waals surface area contributed by atoms with E-state index in [1.165, 1.54) is 6.07 Å². The van der Waals surface area contributed by atoms with Crippen molar-refractivity contribution in [3.05, 3.63) is 53.2 Å². The van der Waals surface area contributed by atoms with Gasteiger partial charge in [-0.2, -0.15) is 23.7 Å². The van der Waals surface area contributed by atoms with Crippen LogP contribution in [0.3, 0.4) is 0 Å². The van der Waals surface area contributed by atoms with Gasteiger partial charge >= 0.3 is 6.18 Å². The lowest BCUT2D eigenvalue weighted by atomic mass is 10.2. The second-order valence-electron chi connectivity index (χ2n) is 4.02. The monoisotopic (exact) mass is 288 g/mol. The van der Waals surface area contributed by atoms with Crippen LogP contribution in [-0.4, -0.2) is 4.98 Å². The van der Waals surface area contributed by atoms with E-state index in [4.69, 9.17) is 10.5 Å². The second kappa shape index (κ2) is 5.51. The molecular formula is C14H7F3N4. The minimum Gasteiger partial charge on any atom is -0.339 e. The number of alkyl halides is 3. The fourth-order valence-electron chi connectivity index (χ4n) is 1.61. The Bertz CT molecular complexity index is 754. The van der Waals surface area contributed by atoms with Gasteiger partial charge in [-0.25, -0.2) is 4.98 Å². The second-order valence-corrected chi connectivity index (χ2v) is 4.02. The van der Waals surface area contributed by atoms with E-state index < -0.39 is 11.9 Å². The molecule has 0 bridgehead atoms. The van der Waals surface area contributed by atoms with Gasteiger partial charge in [0.25, 0.3) is 0 Å². The Labute approximate surface area is 118 Å². The van der Waals surface area contributed by atoms with Crippen molar-refractivity contribution in [3.63, 3.8) is 0 Å². The topological polar surface area (TPSA) is 72.5 Å². The highest BCUT2D eigenvalue weighted by Crippen LogP contribution is 2.30. The van der Waals surface area contributed by atoms with Crippen LogP contribution in [-0.2, 0) is 6.18 Å². The average molecular weight is 288 g/mol. The summed E-state index contributed by atoms with van der Waals surface area (Å²) in [6.45, 7) is 0. The van der Waals surface area contributed by atoms with Crippen LogP contribution >= 0.6 is 0 Å². The van der Waals surface area contributed by atoms with Crippen molar-refractivity contribution in [1.29, 1.82) is 10.5 Å². The number of hydrogen-bond donors (Lipinski definition) is 1. The number of aromatic nitrogens is 1. The van der Waals surface area contributed by atoms with Crippen LogP contribution in [0.15, 0.2) is 36.4 Å². The molecular weight excluding hydrogens is 281 g/mol. The van der Waals surface area contributed by atoms with Crippen LogP contribution in [0.2, 0.25) is 0 Å². The van der Waals surface area contributed by atoms with Crippen molar-refractivity contribution in [3.8, 4) is 12.1 Å². The summed E-state index contributed by atoms with van der Waals surface area (Å²) in [4.78, 5) is 3.42. The zero-order valence-electron chi connectivity index (χ0n) is 10.4. The Kier molecular flexibility index (Phi) is 3.77. The number of nitrogens with one attached hydrogen (secondary N) is 1. The Morgan fingerprint density at radius 2 is 1.81 bits per heavy atom. The fourth-order valence-corrected chi connectivity index (χ4v) is 1.61. The third-order valence-electron chi connectivity index (χ3n) is 2.56. The van der Waals surface area contributed by atoms with Crippen LogP contribution in [0.5, 0.6) is 0 Å². The predicted octanol–water partition coefficient (Wildman–Crippen LogP) is 3.59. The summed E-state index contributed by atoms with van der Waals surface area (Å²) in [6.07, 6.45) is -4.60. The molecule has 0 atom stereocenters. The average Bonchev–Trinajstić information content (AvgIpc) is 2.46. The van der Waals surface area contributed by atoms with Gasteiger partial charge in [0.05, 0.1) is 17.2 Å². The maximum Gasteiger partial charge on any atom is 0.433 e. The van der Waals surface area contributed by atoms with E-state index in [1.807, 2.05) is 6.07 Å². The van der Waals surface area contributed by atoms with Gasteiger partial charge in [0, 0.05) is 5.69 Å². The molecule has 0 radical (unpaired) electrons. The quantitative estimate of drug-likeness (QED) is 0.916. The van der Waals surface area contributed by atoms with E-state index >= 15 is 0 Å². The fraction of sp³-hybridized carbons (Fsp3) is 0.0714. The highest BCUT2D eigenvalue weighted by Gasteiger charge is 2.33. The molecule has 0 unspecified atom stereocenters. The Balaban J connectivity index is 2.43. The largest absolute Gasteiger partial charge is 0.433 e. The minimum atomic E-state index is -4.60. The number of halogens is 3. The smallest absolute Gasteiger partial charge is 0.339 e. The first-order valence-corrected chi connectivity index (χ1v) is 5.69. The van der Waals surface area contributed by atoms with E-state index in [0.717, 1.165) is 12.1 Å². The first-order chi connectivity index (χ1) is 9.94. The number of benzene rings is 1. The molecule has 0 aliphatic rings. The van der Waals surface area contributed by atoms with Crippen LogP contribution in [0, 0.1) is 22.7 Å². The molecule has 0 saturated carbocycles. The lowest BCUT2D eigenvalue weighted by Gasteiger charge is -2.11. The van der Waals surface area contributed by atoms with Gasteiger partial charge in [-0.3, -0.25) is 0 Å². The maximum absolute atomic E-state index is 12.6. The van der Waals surface area contributed by atoms with Crippen molar-refractivity contribution in [1.82, 2.24) is 4.98 Å². The summed E-state index contributed by atoms with van der Waals surface area (Å²) in [5, 5.41) is 20.3. The van der Waals surface area contributed by atoms with Crippen molar-refractivity contribution < 1.29 is 13.2 Å². The van der Waals surface area contributed by atoms with Crippen LogP contribution in [0.1, 0.15) is 16.8 Å². The van der Waals surface area contributed by atoms with Gasteiger partial charge in [0.2, 0.25) is 0 Å². The lowest BCUT2D eigenvalue weighted by molar-refractivity contribution is -0.141. The van der Waals surface area contributed by atoms with E-state index in [1.54, 1.807) is 24.3 Å². The Morgan fingerprint density at radius 3 is 2.43 bits per heavy atom. The molecule has 104 valence electrons. The summed E-state index contributed by atoms with van der Waals surface area (Å²) in [5.74, 6) is -0.206. The number of nitrogens with zero attached hydrogens (tertiary/aromatic N) is 3. The minimum absolute atomic E-state index is 0.0228. The molecule has 0 aliphatic carbocycles. The standard InChI is InChI=1S/C14H7F3N4/c15-14(16,17)12-5-4-10(8-19)13(21-12)20-11-3-1-2-9(6-11)7-18/h1-6H,(H,20,21). The summed E-state index contributed by atoms with van der Waals surface area (Å²) < 4.78 is 37.9. The van der Waals surface area contributed by atoms with Gasteiger partial charge in [-0.1, -0.05) is 6.07 Å². The molecule has 0 amide bonds. The van der Waals surface area contributed by atoms with Crippen molar-refractivity contribution >= 4 is 11.5 Å². The molecule has 21 heavy (non-hydrogen) atoms. The third-order valence-corrected chi connectivity index (χ3v) is 2.56. The number of pyridine rings is 1. The van der Waals surface area contributed by atoms with Crippen LogP contribution in [0.25, 0.3) is 0 Å².